The minimum absolute atomic E-state index is 0.164. The second kappa shape index (κ2) is 9.57. The van der Waals surface area contributed by atoms with Gasteiger partial charge >= 0.3 is 0 Å². The summed E-state index contributed by atoms with van der Waals surface area (Å²) < 4.78 is 36.4. The molecular formula is C21H27ClN2O5S. The number of methoxy groups -OCH3 is 2. The van der Waals surface area contributed by atoms with E-state index in [0.29, 0.717) is 6.42 Å². The highest BCUT2D eigenvalue weighted by Gasteiger charge is 2.28. The molecule has 0 aliphatic rings. The zero-order chi connectivity index (χ0) is 22.5. The van der Waals surface area contributed by atoms with Gasteiger partial charge in [0.15, 0.2) is 0 Å². The van der Waals surface area contributed by atoms with Gasteiger partial charge in [-0.05, 0) is 25.8 Å². The highest BCUT2D eigenvalue weighted by Crippen LogP contribution is 2.38. The van der Waals surface area contributed by atoms with Crippen molar-refractivity contribution in [3.05, 3.63) is 53.1 Å². The summed E-state index contributed by atoms with van der Waals surface area (Å²) in [5.74, 6) is 0.0332. The average molecular weight is 455 g/mol. The van der Waals surface area contributed by atoms with Crippen LogP contribution in [0.25, 0.3) is 0 Å². The Balaban J connectivity index is 2.28. The van der Waals surface area contributed by atoms with Crippen LogP contribution in [0.4, 0.5) is 5.69 Å². The number of nitrogens with zero attached hydrogens (tertiary/aromatic N) is 1. The van der Waals surface area contributed by atoms with Gasteiger partial charge in [0.05, 0.1) is 31.2 Å². The Bertz CT molecular complexity index is 994. The van der Waals surface area contributed by atoms with Crippen molar-refractivity contribution in [3.63, 3.8) is 0 Å². The molecule has 0 fully saturated rings. The van der Waals surface area contributed by atoms with Crippen LogP contribution in [0.2, 0.25) is 5.02 Å². The molecule has 0 heterocycles. The quantitative estimate of drug-likeness (QED) is 0.628. The number of ether oxygens (including phenoxy) is 2. The number of sulfonamides is 1. The fourth-order valence-electron chi connectivity index (χ4n) is 3.12. The van der Waals surface area contributed by atoms with Crippen LogP contribution in [-0.2, 0) is 21.2 Å². The standard InChI is InChI=1S/C21H27ClN2O5S/c1-21(2,13-15-9-7-6-8-10-15)23-20(25)14-24(30(5,26)27)17-12-18(28-3)16(22)11-19(17)29-4/h6-12H,13-14H2,1-5H3,(H,23,25). The van der Waals surface area contributed by atoms with Crippen molar-refractivity contribution in [1.29, 1.82) is 0 Å². The molecule has 0 bridgehead atoms. The number of anilines is 1. The first-order valence-corrected chi connectivity index (χ1v) is 11.4. The molecule has 0 atom stereocenters. The predicted molar refractivity (Wildman–Crippen MR) is 119 cm³/mol. The monoisotopic (exact) mass is 454 g/mol. The summed E-state index contributed by atoms with van der Waals surface area (Å²) >= 11 is 6.12. The van der Waals surface area contributed by atoms with E-state index in [2.05, 4.69) is 5.32 Å². The third-order valence-electron chi connectivity index (χ3n) is 4.38. The molecule has 0 aromatic heterocycles. The van der Waals surface area contributed by atoms with Gasteiger partial charge < -0.3 is 14.8 Å². The Labute approximate surface area is 183 Å². The highest BCUT2D eigenvalue weighted by molar-refractivity contribution is 7.92. The Morgan fingerprint density at radius 3 is 2.23 bits per heavy atom. The lowest BCUT2D eigenvalue weighted by atomic mass is 9.95. The van der Waals surface area contributed by atoms with E-state index in [9.17, 15) is 13.2 Å². The summed E-state index contributed by atoms with van der Waals surface area (Å²) in [6, 6.07) is 12.6. The number of hydrogen-bond donors (Lipinski definition) is 1. The first kappa shape index (κ1) is 23.8. The molecule has 30 heavy (non-hydrogen) atoms. The van der Waals surface area contributed by atoms with Crippen LogP contribution in [-0.4, -0.2) is 46.9 Å². The maximum Gasteiger partial charge on any atom is 0.241 e. The number of carbonyl (C=O) groups is 1. The van der Waals surface area contributed by atoms with Gasteiger partial charge in [-0.2, -0.15) is 0 Å². The first-order valence-electron chi connectivity index (χ1n) is 9.21. The summed E-state index contributed by atoms with van der Waals surface area (Å²) in [6.07, 6.45) is 1.62. The van der Waals surface area contributed by atoms with Gasteiger partial charge in [-0.15, -0.1) is 0 Å². The molecule has 7 nitrogen and oxygen atoms in total. The largest absolute Gasteiger partial charge is 0.495 e. The summed E-state index contributed by atoms with van der Waals surface area (Å²) in [7, 11) is -0.992. The number of amides is 1. The molecule has 0 saturated carbocycles. The molecule has 0 unspecified atom stereocenters. The second-order valence-electron chi connectivity index (χ2n) is 7.52. The lowest BCUT2D eigenvalue weighted by Crippen LogP contribution is -2.50. The third-order valence-corrected chi connectivity index (χ3v) is 5.80. The second-order valence-corrected chi connectivity index (χ2v) is 9.84. The van der Waals surface area contributed by atoms with E-state index in [4.69, 9.17) is 21.1 Å². The van der Waals surface area contributed by atoms with Gasteiger partial charge in [-0.3, -0.25) is 9.10 Å². The van der Waals surface area contributed by atoms with Gasteiger partial charge in [0.2, 0.25) is 15.9 Å². The number of halogens is 1. The van der Waals surface area contributed by atoms with Gasteiger partial charge in [-0.25, -0.2) is 8.42 Å². The van der Waals surface area contributed by atoms with Gasteiger partial charge in [0, 0.05) is 17.7 Å². The Morgan fingerprint density at radius 2 is 1.70 bits per heavy atom. The fraction of sp³-hybridized carbons (Fsp3) is 0.381. The van der Waals surface area contributed by atoms with Gasteiger partial charge in [0.1, 0.15) is 18.0 Å². The van der Waals surface area contributed by atoms with Crippen molar-refractivity contribution in [2.75, 3.05) is 31.3 Å². The maximum atomic E-state index is 12.8. The third kappa shape index (κ3) is 6.27. The van der Waals surface area contributed by atoms with Crippen LogP contribution in [0.5, 0.6) is 11.5 Å². The molecule has 0 radical (unpaired) electrons. The molecule has 0 aliphatic carbocycles. The highest BCUT2D eigenvalue weighted by atomic mass is 35.5. The number of rotatable bonds is 9. The molecule has 164 valence electrons. The molecule has 2 aromatic rings. The van der Waals surface area contributed by atoms with E-state index in [0.717, 1.165) is 16.1 Å². The smallest absolute Gasteiger partial charge is 0.241 e. The van der Waals surface area contributed by atoms with Crippen molar-refractivity contribution < 1.29 is 22.7 Å². The number of hydrogen-bond acceptors (Lipinski definition) is 5. The van der Waals surface area contributed by atoms with Crippen molar-refractivity contribution in [2.45, 2.75) is 25.8 Å². The van der Waals surface area contributed by atoms with Crippen molar-refractivity contribution in [1.82, 2.24) is 5.32 Å². The molecule has 2 aromatic carbocycles. The zero-order valence-electron chi connectivity index (χ0n) is 17.7. The SMILES string of the molecule is COc1cc(N(CC(=O)NC(C)(C)Cc2ccccc2)S(C)(=O)=O)c(OC)cc1Cl. The van der Waals surface area contributed by atoms with Crippen LogP contribution < -0.4 is 19.1 Å². The molecule has 1 amide bonds. The first-order chi connectivity index (χ1) is 14.0. The Morgan fingerprint density at radius 1 is 1.10 bits per heavy atom. The lowest BCUT2D eigenvalue weighted by Gasteiger charge is -2.29. The topological polar surface area (TPSA) is 84.9 Å². The average Bonchev–Trinajstić information content (AvgIpc) is 2.65. The van der Waals surface area contributed by atoms with E-state index in [-0.39, 0.29) is 22.2 Å². The molecule has 0 spiro atoms. The summed E-state index contributed by atoms with van der Waals surface area (Å²) in [5.41, 5.74) is 0.646. The minimum Gasteiger partial charge on any atom is -0.495 e. The number of nitrogens with one attached hydrogen (secondary N) is 1. The van der Waals surface area contributed by atoms with Crippen LogP contribution >= 0.6 is 11.6 Å². The van der Waals surface area contributed by atoms with Crippen molar-refractivity contribution >= 4 is 33.2 Å². The van der Waals surface area contributed by atoms with Crippen LogP contribution in [0.1, 0.15) is 19.4 Å². The van der Waals surface area contributed by atoms with E-state index in [1.807, 2.05) is 44.2 Å². The summed E-state index contributed by atoms with van der Waals surface area (Å²) in [6.45, 7) is 3.35. The Hall–Kier alpha value is -2.45. The van der Waals surface area contributed by atoms with Gasteiger partial charge in [-0.1, -0.05) is 41.9 Å². The van der Waals surface area contributed by atoms with E-state index in [1.165, 1.54) is 26.4 Å². The lowest BCUT2D eigenvalue weighted by molar-refractivity contribution is -0.121. The summed E-state index contributed by atoms with van der Waals surface area (Å²) in [5, 5.41) is 3.18. The number of carbonyl (C=O) groups excluding carboxylic acids is 1. The molecule has 1 N–H and O–H groups in total. The van der Waals surface area contributed by atoms with E-state index in [1.54, 1.807) is 0 Å². The normalized spacial score (nSPS) is 11.7. The molecule has 9 heteroatoms. The van der Waals surface area contributed by atoms with Crippen molar-refractivity contribution in [2.24, 2.45) is 0 Å². The van der Waals surface area contributed by atoms with Crippen molar-refractivity contribution in [3.8, 4) is 11.5 Å². The van der Waals surface area contributed by atoms with Crippen LogP contribution in [0.3, 0.4) is 0 Å². The zero-order valence-corrected chi connectivity index (χ0v) is 19.3. The van der Waals surface area contributed by atoms with Gasteiger partial charge in [0.25, 0.3) is 0 Å². The van der Waals surface area contributed by atoms with Crippen LogP contribution in [0, 0.1) is 0 Å². The molecular weight excluding hydrogens is 428 g/mol. The maximum absolute atomic E-state index is 12.8. The predicted octanol–water partition coefficient (Wildman–Crippen LogP) is 3.26. The molecule has 0 aliphatic heterocycles. The van der Waals surface area contributed by atoms with Crippen LogP contribution in [0.15, 0.2) is 42.5 Å². The van der Waals surface area contributed by atoms with E-state index < -0.39 is 28.0 Å². The number of benzene rings is 2. The molecule has 2 rings (SSSR count). The summed E-state index contributed by atoms with van der Waals surface area (Å²) in [4.78, 5) is 12.8. The van der Waals surface area contributed by atoms with E-state index >= 15 is 0 Å². The molecule has 0 saturated heterocycles. The minimum atomic E-state index is -3.80. The Kier molecular flexibility index (Phi) is 7.60. The fourth-order valence-corrected chi connectivity index (χ4v) is 4.20.